The van der Waals surface area contributed by atoms with Crippen LogP contribution in [0.4, 0.5) is 11.4 Å². The van der Waals surface area contributed by atoms with Crippen LogP contribution < -0.4 is 5.06 Å². The molecule has 2 aromatic carbocycles. The quantitative estimate of drug-likeness (QED) is 0.506. The van der Waals surface area contributed by atoms with Gasteiger partial charge >= 0.3 is 0 Å². The van der Waals surface area contributed by atoms with Crippen molar-refractivity contribution in [3.05, 3.63) is 58.7 Å². The number of rotatable bonds is 3. The molecule has 0 spiro atoms. The molecule has 104 valence electrons. The van der Waals surface area contributed by atoms with Crippen molar-refractivity contribution in [3.8, 4) is 0 Å². The van der Waals surface area contributed by atoms with Crippen LogP contribution in [0, 0.1) is 27.7 Å². The minimum Gasteiger partial charge on any atom is -0.283 e. The predicted molar refractivity (Wildman–Crippen MR) is 84.2 cm³/mol. The second-order valence-electron chi connectivity index (χ2n) is 5.07. The summed E-state index contributed by atoms with van der Waals surface area (Å²) in [6.45, 7) is 7.97. The minimum absolute atomic E-state index is 0.780. The van der Waals surface area contributed by atoms with Crippen molar-refractivity contribution in [2.24, 2.45) is 4.99 Å². The maximum atomic E-state index is 10.2. The van der Waals surface area contributed by atoms with Crippen LogP contribution in [0.25, 0.3) is 0 Å². The van der Waals surface area contributed by atoms with Crippen molar-refractivity contribution in [3.63, 3.8) is 0 Å². The van der Waals surface area contributed by atoms with Gasteiger partial charge in [0.05, 0.1) is 11.4 Å². The number of anilines is 1. The van der Waals surface area contributed by atoms with Crippen LogP contribution in [-0.2, 0) is 0 Å². The molecule has 0 aliphatic rings. The van der Waals surface area contributed by atoms with Gasteiger partial charge < -0.3 is 0 Å². The standard InChI is InChI=1S/C17H20N2O/c1-12-7-5-8-13(2)16(12)18-11-19(20)17-14(3)9-6-10-15(17)4/h5-11,20H,1-4H3. The van der Waals surface area contributed by atoms with Crippen LogP contribution in [0.5, 0.6) is 0 Å². The summed E-state index contributed by atoms with van der Waals surface area (Å²) in [6, 6.07) is 12.0. The Morgan fingerprint density at radius 2 is 1.30 bits per heavy atom. The largest absolute Gasteiger partial charge is 0.283 e. The summed E-state index contributed by atoms with van der Waals surface area (Å²) >= 11 is 0. The van der Waals surface area contributed by atoms with Gasteiger partial charge in [-0.3, -0.25) is 5.21 Å². The highest BCUT2D eigenvalue weighted by atomic mass is 16.5. The summed E-state index contributed by atoms with van der Waals surface area (Å²) in [5.41, 5.74) is 5.90. The molecule has 0 saturated heterocycles. The molecular formula is C17H20N2O. The van der Waals surface area contributed by atoms with Gasteiger partial charge in [0.15, 0.2) is 0 Å². The first-order valence-corrected chi connectivity index (χ1v) is 6.65. The van der Waals surface area contributed by atoms with E-state index in [9.17, 15) is 5.21 Å². The minimum atomic E-state index is 0.780. The van der Waals surface area contributed by atoms with Crippen molar-refractivity contribution < 1.29 is 5.21 Å². The predicted octanol–water partition coefficient (Wildman–Crippen LogP) is 4.48. The van der Waals surface area contributed by atoms with Gasteiger partial charge in [-0.1, -0.05) is 36.4 Å². The van der Waals surface area contributed by atoms with Crippen molar-refractivity contribution in [1.82, 2.24) is 0 Å². The third kappa shape index (κ3) is 2.89. The second kappa shape index (κ2) is 5.88. The number of hydrogen-bond donors (Lipinski definition) is 1. The first-order chi connectivity index (χ1) is 9.50. The molecule has 1 N–H and O–H groups in total. The first-order valence-electron chi connectivity index (χ1n) is 6.65. The Bertz CT molecular complexity index is 607. The monoisotopic (exact) mass is 268 g/mol. The third-order valence-electron chi connectivity index (χ3n) is 3.40. The number of para-hydroxylation sites is 2. The molecule has 20 heavy (non-hydrogen) atoms. The molecule has 0 bridgehead atoms. The van der Waals surface area contributed by atoms with E-state index < -0.39 is 0 Å². The highest BCUT2D eigenvalue weighted by Crippen LogP contribution is 2.25. The molecule has 2 rings (SSSR count). The molecule has 0 aromatic heterocycles. The van der Waals surface area contributed by atoms with E-state index in [4.69, 9.17) is 0 Å². The van der Waals surface area contributed by atoms with Crippen molar-refractivity contribution in [2.75, 3.05) is 5.06 Å². The maximum Gasteiger partial charge on any atom is 0.122 e. The van der Waals surface area contributed by atoms with E-state index in [1.54, 1.807) is 0 Å². The normalized spacial score (nSPS) is 11.1. The van der Waals surface area contributed by atoms with Gasteiger partial charge in [-0.15, -0.1) is 0 Å². The number of hydrogen-bond acceptors (Lipinski definition) is 2. The lowest BCUT2D eigenvalue weighted by Crippen LogP contribution is -2.17. The van der Waals surface area contributed by atoms with E-state index >= 15 is 0 Å². The number of aryl methyl sites for hydroxylation is 4. The van der Waals surface area contributed by atoms with Crippen molar-refractivity contribution >= 4 is 17.7 Å². The zero-order chi connectivity index (χ0) is 14.7. The Morgan fingerprint density at radius 1 is 0.850 bits per heavy atom. The summed E-state index contributed by atoms with van der Waals surface area (Å²) in [4.78, 5) is 4.41. The van der Waals surface area contributed by atoms with Crippen LogP contribution in [-0.4, -0.2) is 11.5 Å². The van der Waals surface area contributed by atoms with Gasteiger partial charge in [0.25, 0.3) is 0 Å². The Hall–Kier alpha value is -2.13. The molecule has 2 aromatic rings. The zero-order valence-corrected chi connectivity index (χ0v) is 12.4. The topological polar surface area (TPSA) is 35.8 Å². The molecular weight excluding hydrogens is 248 g/mol. The van der Waals surface area contributed by atoms with Gasteiger partial charge in [-0.25, -0.2) is 10.1 Å². The lowest BCUT2D eigenvalue weighted by atomic mass is 10.1. The van der Waals surface area contributed by atoms with Crippen molar-refractivity contribution in [1.29, 1.82) is 0 Å². The molecule has 0 atom stereocenters. The molecule has 0 unspecified atom stereocenters. The van der Waals surface area contributed by atoms with Crippen LogP contribution in [0.2, 0.25) is 0 Å². The summed E-state index contributed by atoms with van der Waals surface area (Å²) in [5.74, 6) is 0. The van der Waals surface area contributed by atoms with Crippen molar-refractivity contribution in [2.45, 2.75) is 27.7 Å². The highest BCUT2D eigenvalue weighted by Gasteiger charge is 2.08. The van der Waals surface area contributed by atoms with Gasteiger partial charge in [0, 0.05) is 0 Å². The van der Waals surface area contributed by atoms with Gasteiger partial charge in [-0.2, -0.15) is 0 Å². The Balaban J connectivity index is 2.32. The average Bonchev–Trinajstić information content (AvgIpc) is 2.38. The van der Waals surface area contributed by atoms with Gasteiger partial charge in [0.2, 0.25) is 0 Å². The van der Waals surface area contributed by atoms with Crippen LogP contribution in [0.15, 0.2) is 41.4 Å². The molecule has 0 saturated carbocycles. The molecule has 0 amide bonds. The molecule has 0 heterocycles. The molecule has 0 aliphatic heterocycles. The van der Waals surface area contributed by atoms with E-state index in [1.807, 2.05) is 64.1 Å². The molecule has 0 radical (unpaired) electrons. The number of nitrogens with zero attached hydrogens (tertiary/aromatic N) is 2. The molecule has 0 aliphatic carbocycles. The Labute approximate surface area is 120 Å². The SMILES string of the molecule is Cc1cccc(C)c1N=CN(O)c1c(C)cccc1C. The van der Waals surface area contributed by atoms with Gasteiger partial charge in [0.1, 0.15) is 6.34 Å². The fourth-order valence-corrected chi connectivity index (χ4v) is 2.35. The first kappa shape index (κ1) is 14.3. The average molecular weight is 268 g/mol. The van der Waals surface area contributed by atoms with Crippen LogP contribution in [0.1, 0.15) is 22.3 Å². The van der Waals surface area contributed by atoms with Crippen LogP contribution in [0.3, 0.4) is 0 Å². The summed E-state index contributed by atoms with van der Waals surface area (Å²) in [6.07, 6.45) is 1.46. The summed E-state index contributed by atoms with van der Waals surface area (Å²) in [5, 5.41) is 11.3. The Kier molecular flexibility index (Phi) is 4.20. The van der Waals surface area contributed by atoms with E-state index in [-0.39, 0.29) is 0 Å². The van der Waals surface area contributed by atoms with Gasteiger partial charge in [-0.05, 0) is 49.9 Å². The lowest BCUT2D eigenvalue weighted by molar-refractivity contribution is 0.316. The molecule has 0 fully saturated rings. The molecule has 3 nitrogen and oxygen atoms in total. The number of aliphatic imine (C=N–C) groups is 1. The summed E-state index contributed by atoms with van der Waals surface area (Å²) < 4.78 is 0. The summed E-state index contributed by atoms with van der Waals surface area (Å²) in [7, 11) is 0. The number of hydroxylamine groups is 1. The van der Waals surface area contributed by atoms with Crippen LogP contribution >= 0.6 is 0 Å². The Morgan fingerprint density at radius 3 is 1.80 bits per heavy atom. The maximum absolute atomic E-state index is 10.2. The number of benzene rings is 2. The van der Waals surface area contributed by atoms with E-state index in [2.05, 4.69) is 4.99 Å². The fraction of sp³-hybridized carbons (Fsp3) is 0.235. The smallest absolute Gasteiger partial charge is 0.122 e. The lowest BCUT2D eigenvalue weighted by Gasteiger charge is -2.16. The van der Waals surface area contributed by atoms with E-state index in [1.165, 1.54) is 6.34 Å². The second-order valence-corrected chi connectivity index (χ2v) is 5.07. The zero-order valence-electron chi connectivity index (χ0n) is 12.4. The van der Waals surface area contributed by atoms with E-state index in [0.29, 0.717) is 0 Å². The fourth-order valence-electron chi connectivity index (χ4n) is 2.35. The van der Waals surface area contributed by atoms with E-state index in [0.717, 1.165) is 38.7 Å². The highest BCUT2D eigenvalue weighted by molar-refractivity contribution is 5.81. The third-order valence-corrected chi connectivity index (χ3v) is 3.40. The molecule has 3 heteroatoms.